The van der Waals surface area contributed by atoms with E-state index in [1.807, 2.05) is 39.5 Å². The Morgan fingerprint density at radius 3 is 1.11 bits per heavy atom. The van der Waals surface area contributed by atoms with Gasteiger partial charge in [0, 0.05) is 44.7 Å². The largest absolute Gasteiger partial charge is 0.323 e. The molecule has 6 nitrogen and oxygen atoms in total. The third-order valence-electron chi connectivity index (χ3n) is 5.05. The molecule has 0 saturated carbocycles. The molecule has 160 valence electrons. The molecule has 0 bridgehead atoms. The quantitative estimate of drug-likeness (QED) is 0.348. The second kappa shape index (κ2) is 8.78. The molecule has 0 aromatic heterocycles. The molecule has 28 heavy (non-hydrogen) atoms. The topological polar surface area (TPSA) is 111 Å². The molecule has 0 atom stereocenters. The van der Waals surface area contributed by atoms with Crippen molar-refractivity contribution in [2.24, 2.45) is 43.5 Å². The van der Waals surface area contributed by atoms with E-state index in [-0.39, 0.29) is 22.4 Å². The zero-order chi connectivity index (χ0) is 22.0. The van der Waals surface area contributed by atoms with Crippen LogP contribution in [0.1, 0.15) is 55.4 Å². The Bertz CT molecular complexity index is 624. The number of hydrogen-bond acceptors (Lipinski definition) is 8. The van der Waals surface area contributed by atoms with Crippen LogP contribution in [-0.2, 0) is 9.59 Å². The van der Waals surface area contributed by atoms with Crippen molar-refractivity contribution in [2.75, 3.05) is 23.0 Å². The molecule has 2 aliphatic heterocycles. The Balaban J connectivity index is 0.000000283. The van der Waals surface area contributed by atoms with Crippen LogP contribution in [0.25, 0.3) is 0 Å². The zero-order valence-corrected chi connectivity index (χ0v) is 20.1. The van der Waals surface area contributed by atoms with Gasteiger partial charge in [0.2, 0.25) is 11.6 Å². The first kappa shape index (κ1) is 25.0. The van der Waals surface area contributed by atoms with E-state index in [9.17, 15) is 9.59 Å². The number of ketones is 2. The van der Waals surface area contributed by atoms with Gasteiger partial charge < -0.3 is 11.7 Å². The van der Waals surface area contributed by atoms with Crippen LogP contribution in [0.3, 0.4) is 0 Å². The molecule has 2 saturated heterocycles. The number of hydrogen-bond donors (Lipinski definition) is 2. The summed E-state index contributed by atoms with van der Waals surface area (Å²) >= 11 is 3.59. The summed E-state index contributed by atoms with van der Waals surface area (Å²) in [5.41, 5.74) is 0.585. The first-order chi connectivity index (χ1) is 12.6. The van der Waals surface area contributed by atoms with Gasteiger partial charge in [-0.15, -0.1) is 0 Å². The fourth-order valence-corrected chi connectivity index (χ4v) is 5.90. The van der Waals surface area contributed by atoms with Crippen molar-refractivity contribution < 1.29 is 9.59 Å². The van der Waals surface area contributed by atoms with Crippen LogP contribution in [0.15, 0.2) is 10.2 Å². The molecule has 2 rings (SSSR count). The normalized spacial score (nSPS) is 28.9. The lowest BCUT2D eigenvalue weighted by molar-refractivity contribution is -0.144. The molecule has 4 N–H and O–H groups in total. The zero-order valence-electron chi connectivity index (χ0n) is 18.5. The molecule has 2 aliphatic rings. The van der Waals surface area contributed by atoms with Crippen molar-refractivity contribution in [2.45, 2.75) is 55.4 Å². The lowest BCUT2D eigenvalue weighted by Crippen LogP contribution is -2.40. The molecular weight excluding hydrogens is 392 g/mol. The third-order valence-corrected chi connectivity index (χ3v) is 8.76. The maximum absolute atomic E-state index is 11.7. The predicted molar refractivity (Wildman–Crippen MR) is 123 cm³/mol. The van der Waals surface area contributed by atoms with Crippen LogP contribution in [0.4, 0.5) is 0 Å². The average molecular weight is 429 g/mol. The van der Waals surface area contributed by atoms with Crippen molar-refractivity contribution in [3.63, 3.8) is 0 Å². The fraction of sp³-hybridized carbons (Fsp3) is 0.800. The van der Waals surface area contributed by atoms with Crippen molar-refractivity contribution >= 4 is 46.5 Å². The van der Waals surface area contributed by atoms with Crippen LogP contribution in [0.2, 0.25) is 0 Å². The van der Waals surface area contributed by atoms with E-state index >= 15 is 0 Å². The van der Waals surface area contributed by atoms with Gasteiger partial charge in [-0.3, -0.25) is 9.59 Å². The minimum absolute atomic E-state index is 0.0641. The summed E-state index contributed by atoms with van der Waals surface area (Å²) in [6.07, 6.45) is 0. The third kappa shape index (κ3) is 5.53. The van der Waals surface area contributed by atoms with E-state index in [0.29, 0.717) is 0 Å². The van der Waals surface area contributed by atoms with Crippen molar-refractivity contribution in [3.05, 3.63) is 0 Å². The number of nitrogens with two attached hydrogens (primary N) is 2. The number of hydrazone groups is 2. The Labute approximate surface area is 178 Å². The van der Waals surface area contributed by atoms with Gasteiger partial charge in [-0.2, -0.15) is 33.7 Å². The maximum atomic E-state index is 11.7. The average Bonchev–Trinajstić information content (AvgIpc) is 2.69. The monoisotopic (exact) mass is 428 g/mol. The minimum Gasteiger partial charge on any atom is -0.323 e. The minimum atomic E-state index is -0.477. The highest BCUT2D eigenvalue weighted by Gasteiger charge is 2.43. The standard InChI is InChI=1S/C10H20N4S.C10H16O2S/c1-9(2)5-15-6-10(3,4)8(14-12)7(9)13-11;1-9(2)5-13-6-10(3,4)8(12)7(9)11/h5-6,11-12H2,1-4H3;5-6H2,1-4H3/b13-7-,14-8+;. The van der Waals surface area contributed by atoms with Gasteiger partial charge in [0.15, 0.2) is 0 Å². The lowest BCUT2D eigenvalue weighted by Gasteiger charge is -2.27. The van der Waals surface area contributed by atoms with Gasteiger partial charge in [-0.05, 0) is 0 Å². The van der Waals surface area contributed by atoms with Gasteiger partial charge in [0.25, 0.3) is 0 Å². The molecule has 0 radical (unpaired) electrons. The first-order valence-corrected chi connectivity index (χ1v) is 11.8. The summed E-state index contributed by atoms with van der Waals surface area (Å²) in [6, 6.07) is 0. The van der Waals surface area contributed by atoms with Crippen LogP contribution in [0, 0.1) is 21.7 Å². The van der Waals surface area contributed by atoms with Crippen LogP contribution in [0.5, 0.6) is 0 Å². The van der Waals surface area contributed by atoms with E-state index < -0.39 is 10.8 Å². The highest BCUT2D eigenvalue weighted by Crippen LogP contribution is 2.37. The predicted octanol–water partition coefficient (Wildman–Crippen LogP) is 3.34. The molecule has 0 unspecified atom stereocenters. The van der Waals surface area contributed by atoms with Crippen LogP contribution >= 0.6 is 23.5 Å². The van der Waals surface area contributed by atoms with Gasteiger partial charge in [0.05, 0.1) is 11.4 Å². The van der Waals surface area contributed by atoms with Crippen LogP contribution in [-0.4, -0.2) is 46.0 Å². The summed E-state index contributed by atoms with van der Waals surface area (Å²) in [4.78, 5) is 23.4. The highest BCUT2D eigenvalue weighted by molar-refractivity contribution is 7.99. The van der Waals surface area contributed by atoms with E-state index in [1.54, 1.807) is 11.8 Å². The maximum Gasteiger partial charge on any atom is 0.205 e. The van der Waals surface area contributed by atoms with Gasteiger partial charge in [-0.25, -0.2) is 0 Å². The number of Topliss-reactive ketones (excluding diaryl/α,β-unsaturated/α-hetero) is 2. The number of carbonyl (C=O) groups excluding carboxylic acids is 2. The molecule has 0 spiro atoms. The summed E-state index contributed by atoms with van der Waals surface area (Å²) in [5, 5.41) is 7.80. The van der Waals surface area contributed by atoms with E-state index in [0.717, 1.165) is 34.4 Å². The lowest BCUT2D eigenvalue weighted by atomic mass is 9.77. The summed E-state index contributed by atoms with van der Waals surface area (Å²) in [6.45, 7) is 15.9. The van der Waals surface area contributed by atoms with Crippen molar-refractivity contribution in [1.29, 1.82) is 0 Å². The number of rotatable bonds is 0. The summed E-state index contributed by atoms with van der Waals surface area (Å²) in [7, 11) is 0. The second-order valence-electron chi connectivity index (χ2n) is 10.1. The number of nitrogens with zero attached hydrogens (tertiary/aromatic N) is 2. The Morgan fingerprint density at radius 1 is 0.607 bits per heavy atom. The summed E-state index contributed by atoms with van der Waals surface area (Å²) < 4.78 is 0. The van der Waals surface area contributed by atoms with Gasteiger partial charge in [-0.1, -0.05) is 55.4 Å². The van der Waals surface area contributed by atoms with Gasteiger partial charge >= 0.3 is 0 Å². The van der Waals surface area contributed by atoms with Crippen LogP contribution < -0.4 is 11.7 Å². The van der Waals surface area contributed by atoms with Crippen molar-refractivity contribution in [3.8, 4) is 0 Å². The number of carbonyl (C=O) groups is 2. The fourth-order valence-electron chi connectivity index (χ4n) is 3.12. The molecule has 2 heterocycles. The Kier molecular flexibility index (Phi) is 7.84. The summed E-state index contributed by atoms with van der Waals surface area (Å²) in [5.74, 6) is 14.0. The molecule has 0 aromatic rings. The SMILES string of the molecule is CC1(C)CSCC(C)(C)C(=N\N)/C1=N\N.CC1(C)CSCC(C)(C)C(=O)C1=O. The Morgan fingerprint density at radius 2 is 0.857 bits per heavy atom. The smallest absolute Gasteiger partial charge is 0.205 e. The molecule has 8 heteroatoms. The van der Waals surface area contributed by atoms with E-state index in [2.05, 4.69) is 37.9 Å². The van der Waals surface area contributed by atoms with E-state index in [4.69, 9.17) is 11.7 Å². The molecular formula is C20H36N4O2S2. The second-order valence-corrected chi connectivity index (χ2v) is 12.1. The van der Waals surface area contributed by atoms with E-state index in [1.165, 1.54) is 0 Å². The molecule has 0 amide bonds. The number of thioether (sulfide) groups is 2. The molecule has 0 aromatic carbocycles. The molecule has 0 aliphatic carbocycles. The highest BCUT2D eigenvalue weighted by atomic mass is 32.2. The molecule has 2 fully saturated rings. The Hall–Kier alpha value is -1.02. The first-order valence-electron chi connectivity index (χ1n) is 9.44. The van der Waals surface area contributed by atoms with Gasteiger partial charge in [0.1, 0.15) is 0 Å². The van der Waals surface area contributed by atoms with Crippen molar-refractivity contribution in [1.82, 2.24) is 0 Å².